The number of likely N-dealkylation sites (tertiary alicyclic amines) is 2. The third-order valence-electron chi connectivity index (χ3n) is 4.96. The van der Waals surface area contributed by atoms with Gasteiger partial charge in [-0.15, -0.1) is 0 Å². The highest BCUT2D eigenvalue weighted by molar-refractivity contribution is 7.08. The number of nitrogens with zero attached hydrogens (tertiary/aromatic N) is 3. The molecule has 2 aromatic rings. The van der Waals surface area contributed by atoms with Gasteiger partial charge in [-0.05, 0) is 24.8 Å². The molecule has 0 bridgehead atoms. The summed E-state index contributed by atoms with van der Waals surface area (Å²) in [6, 6.07) is 3.22. The highest BCUT2D eigenvalue weighted by Gasteiger charge is 2.50. The van der Waals surface area contributed by atoms with Gasteiger partial charge in [0, 0.05) is 48.7 Å². The van der Waals surface area contributed by atoms with Crippen LogP contribution in [0.2, 0.25) is 0 Å². The zero-order valence-corrected chi connectivity index (χ0v) is 14.6. The van der Waals surface area contributed by atoms with Gasteiger partial charge in [-0.25, -0.2) is 0 Å². The Morgan fingerprint density at radius 1 is 1.24 bits per heavy atom. The van der Waals surface area contributed by atoms with Gasteiger partial charge in [0.2, 0.25) is 5.43 Å². The second-order valence-corrected chi connectivity index (χ2v) is 7.69. The summed E-state index contributed by atoms with van der Waals surface area (Å²) in [5.41, 5.74) is 0.885. The standard InChI is InChI=1S/C17H18N4O3S/c1-11-6-13(22)14(19-18-11)16(24)21-9-17(10-21)3-4-20(8-17)15(23)12-2-5-25-7-12/h2,5-7H,3-4,8-10H2,1H3,(H,18,22). The van der Waals surface area contributed by atoms with Gasteiger partial charge in [0.1, 0.15) is 0 Å². The molecule has 1 spiro atoms. The molecule has 2 fully saturated rings. The van der Waals surface area contributed by atoms with Crippen LogP contribution in [0.1, 0.15) is 33.0 Å². The van der Waals surface area contributed by atoms with Gasteiger partial charge in [0.15, 0.2) is 5.69 Å². The normalized spacial score (nSPS) is 18.4. The molecule has 2 aliphatic heterocycles. The number of aromatic amines is 1. The Bertz CT molecular complexity index is 884. The van der Waals surface area contributed by atoms with Crippen LogP contribution < -0.4 is 5.43 Å². The third kappa shape index (κ3) is 2.76. The van der Waals surface area contributed by atoms with Crippen LogP contribution in [-0.4, -0.2) is 58.0 Å². The number of rotatable bonds is 2. The average Bonchev–Trinajstić information content (AvgIpc) is 3.22. The Hall–Kier alpha value is -2.48. The number of H-pyrrole nitrogens is 1. The lowest BCUT2D eigenvalue weighted by molar-refractivity contribution is 0.0104. The van der Waals surface area contributed by atoms with E-state index in [1.54, 1.807) is 11.8 Å². The second-order valence-electron chi connectivity index (χ2n) is 6.91. The summed E-state index contributed by atoms with van der Waals surface area (Å²) in [5.74, 6) is -0.283. The highest BCUT2D eigenvalue weighted by atomic mass is 32.1. The van der Waals surface area contributed by atoms with E-state index in [0.717, 1.165) is 12.0 Å². The molecule has 1 N–H and O–H groups in total. The molecule has 8 heteroatoms. The summed E-state index contributed by atoms with van der Waals surface area (Å²) < 4.78 is 0. The SMILES string of the molecule is Cc1cc(=O)c(C(=O)N2CC3(CCN(C(=O)c4ccsc4)C3)C2)n[nH]1. The van der Waals surface area contributed by atoms with Crippen LogP contribution in [0.4, 0.5) is 0 Å². The minimum atomic E-state index is -0.358. The molecule has 2 aromatic heterocycles. The smallest absolute Gasteiger partial charge is 0.278 e. The summed E-state index contributed by atoms with van der Waals surface area (Å²) in [5, 5.41) is 10.3. The van der Waals surface area contributed by atoms with Crippen LogP contribution in [0.3, 0.4) is 0 Å². The number of thiophene rings is 1. The molecule has 0 unspecified atom stereocenters. The largest absolute Gasteiger partial charge is 0.338 e. The van der Waals surface area contributed by atoms with Crippen molar-refractivity contribution >= 4 is 23.2 Å². The fraction of sp³-hybridized carbons (Fsp3) is 0.412. The molecule has 0 atom stereocenters. The molecule has 2 amide bonds. The van der Waals surface area contributed by atoms with Crippen LogP contribution in [0.15, 0.2) is 27.7 Å². The molecule has 2 saturated heterocycles. The summed E-state index contributed by atoms with van der Waals surface area (Å²) in [6.45, 7) is 4.21. The van der Waals surface area contributed by atoms with E-state index in [1.807, 2.05) is 21.7 Å². The van der Waals surface area contributed by atoms with Crippen molar-refractivity contribution in [2.45, 2.75) is 13.3 Å². The summed E-state index contributed by atoms with van der Waals surface area (Å²) >= 11 is 1.51. The van der Waals surface area contributed by atoms with Gasteiger partial charge >= 0.3 is 0 Å². The van der Waals surface area contributed by atoms with Gasteiger partial charge in [0.25, 0.3) is 11.8 Å². The minimum absolute atomic E-state index is 0.0429. The first kappa shape index (κ1) is 16.0. The Kier molecular flexibility index (Phi) is 3.72. The highest BCUT2D eigenvalue weighted by Crippen LogP contribution is 2.40. The van der Waals surface area contributed by atoms with Crippen LogP contribution in [-0.2, 0) is 0 Å². The van der Waals surface area contributed by atoms with E-state index in [1.165, 1.54) is 17.4 Å². The van der Waals surface area contributed by atoms with Crippen molar-refractivity contribution in [3.63, 3.8) is 0 Å². The van der Waals surface area contributed by atoms with Gasteiger partial charge in [-0.2, -0.15) is 16.4 Å². The first-order valence-electron chi connectivity index (χ1n) is 8.15. The topological polar surface area (TPSA) is 86.4 Å². The molecule has 0 aliphatic carbocycles. The number of carbonyl (C=O) groups is 2. The van der Waals surface area contributed by atoms with Gasteiger partial charge in [-0.3, -0.25) is 19.5 Å². The third-order valence-corrected chi connectivity index (χ3v) is 5.64. The average molecular weight is 358 g/mol. The van der Waals surface area contributed by atoms with Gasteiger partial charge in [-0.1, -0.05) is 0 Å². The van der Waals surface area contributed by atoms with Crippen molar-refractivity contribution in [3.8, 4) is 0 Å². The maximum absolute atomic E-state index is 12.5. The van der Waals surface area contributed by atoms with Crippen LogP contribution in [0.5, 0.6) is 0 Å². The van der Waals surface area contributed by atoms with Crippen molar-refractivity contribution in [3.05, 3.63) is 50.1 Å². The lowest BCUT2D eigenvalue weighted by Crippen LogP contribution is -2.60. The number of hydrogen-bond acceptors (Lipinski definition) is 5. The molecule has 2 aliphatic rings. The second kappa shape index (κ2) is 5.80. The lowest BCUT2D eigenvalue weighted by Gasteiger charge is -2.47. The minimum Gasteiger partial charge on any atom is -0.338 e. The number of amides is 2. The maximum atomic E-state index is 12.5. The van der Waals surface area contributed by atoms with E-state index < -0.39 is 0 Å². The number of aromatic nitrogens is 2. The zero-order chi connectivity index (χ0) is 17.6. The predicted octanol–water partition coefficient (Wildman–Crippen LogP) is 1.13. The Morgan fingerprint density at radius 2 is 2.00 bits per heavy atom. The van der Waals surface area contributed by atoms with Crippen molar-refractivity contribution in [2.24, 2.45) is 5.41 Å². The molecule has 0 radical (unpaired) electrons. The Morgan fingerprint density at radius 3 is 2.68 bits per heavy atom. The van der Waals surface area contributed by atoms with Gasteiger partial charge < -0.3 is 9.80 Å². The summed E-state index contributed by atoms with van der Waals surface area (Å²) in [4.78, 5) is 40.3. The fourth-order valence-corrected chi connectivity index (χ4v) is 4.27. The van der Waals surface area contributed by atoms with E-state index in [9.17, 15) is 14.4 Å². The summed E-state index contributed by atoms with van der Waals surface area (Å²) in [6.07, 6.45) is 0.879. The monoisotopic (exact) mass is 358 g/mol. The maximum Gasteiger partial charge on any atom is 0.278 e. The van der Waals surface area contributed by atoms with E-state index in [-0.39, 0.29) is 28.4 Å². The van der Waals surface area contributed by atoms with Crippen molar-refractivity contribution in [1.29, 1.82) is 0 Å². The first-order chi connectivity index (χ1) is 12.0. The van der Waals surface area contributed by atoms with E-state index in [4.69, 9.17) is 0 Å². The Balaban J connectivity index is 1.41. The molecule has 4 rings (SSSR count). The van der Waals surface area contributed by atoms with Crippen molar-refractivity contribution in [2.75, 3.05) is 26.2 Å². The van der Waals surface area contributed by atoms with Crippen molar-refractivity contribution in [1.82, 2.24) is 20.0 Å². The van der Waals surface area contributed by atoms with Crippen LogP contribution in [0.25, 0.3) is 0 Å². The van der Waals surface area contributed by atoms with Crippen molar-refractivity contribution < 1.29 is 9.59 Å². The number of hydrogen-bond donors (Lipinski definition) is 1. The van der Waals surface area contributed by atoms with E-state index in [2.05, 4.69) is 10.2 Å². The van der Waals surface area contributed by atoms with E-state index in [0.29, 0.717) is 31.9 Å². The Labute approximate surface area is 148 Å². The van der Waals surface area contributed by atoms with Crippen LogP contribution in [0, 0.1) is 12.3 Å². The number of nitrogens with one attached hydrogen (secondary N) is 1. The fourth-order valence-electron chi connectivity index (χ4n) is 3.64. The predicted molar refractivity (Wildman–Crippen MR) is 92.8 cm³/mol. The molecule has 25 heavy (non-hydrogen) atoms. The molecule has 4 heterocycles. The molecule has 130 valence electrons. The molecule has 0 saturated carbocycles. The molecular formula is C17H18N4O3S. The zero-order valence-electron chi connectivity index (χ0n) is 13.8. The van der Waals surface area contributed by atoms with Crippen LogP contribution >= 0.6 is 11.3 Å². The molecule has 0 aromatic carbocycles. The lowest BCUT2D eigenvalue weighted by atomic mass is 9.79. The number of aryl methyl sites for hydroxylation is 1. The van der Waals surface area contributed by atoms with Gasteiger partial charge in [0.05, 0.1) is 5.56 Å². The number of carbonyl (C=O) groups excluding carboxylic acids is 2. The summed E-state index contributed by atoms with van der Waals surface area (Å²) in [7, 11) is 0. The molecule has 7 nitrogen and oxygen atoms in total. The molecular weight excluding hydrogens is 340 g/mol. The van der Waals surface area contributed by atoms with E-state index >= 15 is 0 Å². The quantitative estimate of drug-likeness (QED) is 0.872. The first-order valence-corrected chi connectivity index (χ1v) is 9.09.